The van der Waals surface area contributed by atoms with Gasteiger partial charge in [-0.25, -0.2) is 0 Å². The van der Waals surface area contributed by atoms with Gasteiger partial charge in [0.05, 0.1) is 25.2 Å². The normalized spacial score (nSPS) is 49.6. The second kappa shape index (κ2) is 7.82. The maximum absolute atomic E-state index is 13.1. The number of esters is 1. The van der Waals surface area contributed by atoms with E-state index in [4.69, 9.17) is 14.2 Å². The predicted octanol–water partition coefficient (Wildman–Crippen LogP) is 5.34. The quantitative estimate of drug-likeness (QED) is 0.596. The van der Waals surface area contributed by atoms with Gasteiger partial charge in [0.15, 0.2) is 5.79 Å². The largest absolute Gasteiger partial charge is 0.465 e. The van der Waals surface area contributed by atoms with Crippen LogP contribution in [0.2, 0.25) is 0 Å². The topological polar surface area (TPSA) is 44.8 Å². The summed E-state index contributed by atoms with van der Waals surface area (Å²) in [4.78, 5) is 13.1. The molecule has 4 aliphatic carbocycles. The zero-order valence-corrected chi connectivity index (χ0v) is 18.5. The lowest BCUT2D eigenvalue weighted by Crippen LogP contribution is -2.58. The summed E-state index contributed by atoms with van der Waals surface area (Å²) in [5.74, 6) is 3.14. The summed E-state index contributed by atoms with van der Waals surface area (Å²) in [6.45, 7) is 6.42. The van der Waals surface area contributed by atoms with Crippen LogP contribution in [0.5, 0.6) is 0 Å². The molecule has 4 heteroatoms. The molecule has 1 heterocycles. The predicted molar refractivity (Wildman–Crippen MR) is 111 cm³/mol. The van der Waals surface area contributed by atoms with Crippen molar-refractivity contribution in [1.29, 1.82) is 0 Å². The number of carbonyl (C=O) groups is 1. The van der Waals surface area contributed by atoms with E-state index in [9.17, 15) is 4.79 Å². The molecule has 1 saturated heterocycles. The van der Waals surface area contributed by atoms with E-state index in [1.807, 2.05) is 0 Å². The van der Waals surface area contributed by atoms with Crippen LogP contribution in [0, 0.1) is 40.9 Å². The molecule has 5 fully saturated rings. The molecule has 0 amide bonds. The molecule has 29 heavy (non-hydrogen) atoms. The highest BCUT2D eigenvalue weighted by Crippen LogP contribution is 2.53. The van der Waals surface area contributed by atoms with Gasteiger partial charge < -0.3 is 14.2 Å². The lowest BCUT2D eigenvalue weighted by molar-refractivity contribution is -0.349. The SMILES string of the molecule is CC1CC2CCCC(C(=O)OCC3COC4(OC3)C(C)CC3CCCC4C3)(C1)C2. The molecular formula is C25H40O4. The molecule has 4 bridgehead atoms. The van der Waals surface area contributed by atoms with E-state index in [1.165, 1.54) is 51.4 Å². The number of hydrogen-bond donors (Lipinski definition) is 0. The first-order valence-corrected chi connectivity index (χ1v) is 12.4. The highest BCUT2D eigenvalue weighted by Gasteiger charge is 2.54. The van der Waals surface area contributed by atoms with Crippen molar-refractivity contribution in [2.75, 3.05) is 19.8 Å². The van der Waals surface area contributed by atoms with E-state index >= 15 is 0 Å². The van der Waals surface area contributed by atoms with Crippen LogP contribution >= 0.6 is 0 Å². The van der Waals surface area contributed by atoms with Crippen molar-refractivity contribution >= 4 is 5.97 Å². The Morgan fingerprint density at radius 3 is 2.59 bits per heavy atom. The first-order valence-electron chi connectivity index (χ1n) is 12.4. The van der Waals surface area contributed by atoms with Crippen molar-refractivity contribution in [3.8, 4) is 0 Å². The van der Waals surface area contributed by atoms with Gasteiger partial charge in [0.1, 0.15) is 0 Å². The van der Waals surface area contributed by atoms with Gasteiger partial charge in [-0.3, -0.25) is 4.79 Å². The molecular weight excluding hydrogens is 364 g/mol. The van der Waals surface area contributed by atoms with Gasteiger partial charge in [0, 0.05) is 17.8 Å². The Labute approximate surface area is 176 Å². The average Bonchev–Trinajstić information content (AvgIpc) is 2.71. The third-order valence-corrected chi connectivity index (χ3v) is 9.12. The second-order valence-electron chi connectivity index (χ2n) is 11.5. The molecule has 1 spiro atoms. The maximum atomic E-state index is 13.1. The third-order valence-electron chi connectivity index (χ3n) is 9.12. The van der Waals surface area contributed by atoms with Crippen LogP contribution in [0.3, 0.4) is 0 Å². The third kappa shape index (κ3) is 3.67. The van der Waals surface area contributed by atoms with Crippen LogP contribution in [-0.2, 0) is 19.0 Å². The molecule has 4 nitrogen and oxygen atoms in total. The van der Waals surface area contributed by atoms with Crippen LogP contribution in [0.4, 0.5) is 0 Å². The summed E-state index contributed by atoms with van der Waals surface area (Å²) < 4.78 is 18.9. The molecule has 164 valence electrons. The Balaban J connectivity index is 1.16. The van der Waals surface area contributed by atoms with Crippen molar-refractivity contribution in [3.63, 3.8) is 0 Å². The van der Waals surface area contributed by atoms with E-state index in [0.717, 1.165) is 31.1 Å². The minimum Gasteiger partial charge on any atom is -0.465 e. The van der Waals surface area contributed by atoms with Gasteiger partial charge in [-0.1, -0.05) is 39.5 Å². The van der Waals surface area contributed by atoms with Crippen molar-refractivity contribution in [1.82, 2.24) is 0 Å². The van der Waals surface area contributed by atoms with Gasteiger partial charge >= 0.3 is 5.97 Å². The number of carbonyl (C=O) groups excluding carboxylic acids is 1. The van der Waals surface area contributed by atoms with E-state index < -0.39 is 0 Å². The van der Waals surface area contributed by atoms with Gasteiger partial charge in [-0.2, -0.15) is 0 Å². The van der Waals surface area contributed by atoms with Crippen LogP contribution in [0.25, 0.3) is 0 Å². The molecule has 5 rings (SSSR count). The highest BCUT2D eigenvalue weighted by molar-refractivity contribution is 5.77. The number of ether oxygens (including phenoxy) is 3. The van der Waals surface area contributed by atoms with Gasteiger partial charge in [0.2, 0.25) is 0 Å². The molecule has 6 atom stereocenters. The Hall–Kier alpha value is -0.610. The fourth-order valence-electron chi connectivity index (χ4n) is 7.95. The minimum atomic E-state index is -0.370. The van der Waals surface area contributed by atoms with E-state index in [0.29, 0.717) is 37.6 Å². The Kier molecular flexibility index (Phi) is 5.47. The summed E-state index contributed by atoms with van der Waals surface area (Å²) in [7, 11) is 0. The summed E-state index contributed by atoms with van der Waals surface area (Å²) in [5, 5.41) is 0. The summed E-state index contributed by atoms with van der Waals surface area (Å²) >= 11 is 0. The van der Waals surface area contributed by atoms with Crippen molar-refractivity contribution < 1.29 is 19.0 Å². The van der Waals surface area contributed by atoms with Crippen LogP contribution in [0.15, 0.2) is 0 Å². The van der Waals surface area contributed by atoms with Crippen molar-refractivity contribution in [3.05, 3.63) is 0 Å². The minimum absolute atomic E-state index is 0.0650. The molecule has 0 N–H and O–H groups in total. The molecule has 0 radical (unpaired) electrons. The monoisotopic (exact) mass is 404 g/mol. The summed E-state index contributed by atoms with van der Waals surface area (Å²) in [5.41, 5.74) is -0.201. The number of rotatable bonds is 3. The zero-order valence-electron chi connectivity index (χ0n) is 18.5. The molecule has 0 aromatic rings. The fourth-order valence-corrected chi connectivity index (χ4v) is 7.95. The molecule has 5 aliphatic rings. The first-order chi connectivity index (χ1) is 14.0. The van der Waals surface area contributed by atoms with Crippen molar-refractivity contribution in [2.45, 2.75) is 90.3 Å². The van der Waals surface area contributed by atoms with Gasteiger partial charge in [0.25, 0.3) is 0 Å². The second-order valence-corrected chi connectivity index (χ2v) is 11.5. The van der Waals surface area contributed by atoms with Gasteiger partial charge in [-0.05, 0) is 62.7 Å². The first kappa shape index (κ1) is 20.3. The van der Waals surface area contributed by atoms with E-state index in [1.54, 1.807) is 0 Å². The standard InChI is InChI=1S/C25H40O4/c1-17-9-20-6-4-8-24(12-17,13-20)23(26)27-14-21-15-28-25(29-16-21)18(2)10-19-5-3-7-22(25)11-19/h17-22H,3-16H2,1-2H3. The Morgan fingerprint density at radius 2 is 1.76 bits per heavy atom. The Bertz CT molecular complexity index is 604. The van der Waals surface area contributed by atoms with Crippen LogP contribution in [0.1, 0.15) is 84.5 Å². The summed E-state index contributed by atoms with van der Waals surface area (Å²) in [6.07, 6.45) is 13.3. The molecule has 0 aromatic heterocycles. The van der Waals surface area contributed by atoms with Crippen LogP contribution < -0.4 is 0 Å². The number of fused-ring (bicyclic) bond motifs is 5. The smallest absolute Gasteiger partial charge is 0.312 e. The Morgan fingerprint density at radius 1 is 0.966 bits per heavy atom. The fraction of sp³-hybridized carbons (Fsp3) is 0.960. The van der Waals surface area contributed by atoms with Crippen molar-refractivity contribution in [2.24, 2.45) is 40.9 Å². The molecule has 4 saturated carbocycles. The molecule has 1 aliphatic heterocycles. The van der Waals surface area contributed by atoms with E-state index in [2.05, 4.69) is 13.8 Å². The summed E-state index contributed by atoms with van der Waals surface area (Å²) in [6, 6.07) is 0. The average molecular weight is 405 g/mol. The van der Waals surface area contributed by atoms with Gasteiger partial charge in [-0.15, -0.1) is 0 Å². The molecule has 0 aromatic carbocycles. The lowest BCUT2D eigenvalue weighted by Gasteiger charge is -2.54. The molecule has 6 unspecified atom stereocenters. The zero-order chi connectivity index (χ0) is 20.1. The lowest BCUT2D eigenvalue weighted by atomic mass is 9.59. The van der Waals surface area contributed by atoms with E-state index in [-0.39, 0.29) is 23.1 Å². The maximum Gasteiger partial charge on any atom is 0.312 e. The highest BCUT2D eigenvalue weighted by atomic mass is 16.7. The van der Waals surface area contributed by atoms with Crippen LogP contribution in [-0.4, -0.2) is 31.6 Å². The number of hydrogen-bond acceptors (Lipinski definition) is 4.